The highest BCUT2D eigenvalue weighted by atomic mass is 32.2. The average molecular weight is 263 g/mol. The highest BCUT2D eigenvalue weighted by Gasteiger charge is 2.25. The quantitative estimate of drug-likeness (QED) is 0.715. The van der Waals surface area contributed by atoms with E-state index in [1.807, 2.05) is 0 Å². The topological polar surface area (TPSA) is 55.4 Å². The standard InChI is InChI=1S/C12H25NO3S/c1-3-7-13-12(11-6-8-16-10-11)5-4-9-17(2,14)15/h11-13H,3-10H2,1-2H3. The Morgan fingerprint density at radius 3 is 2.76 bits per heavy atom. The zero-order valence-corrected chi connectivity index (χ0v) is 11.8. The predicted molar refractivity (Wildman–Crippen MR) is 70.0 cm³/mol. The van der Waals surface area contributed by atoms with E-state index in [1.165, 1.54) is 6.26 Å². The average Bonchev–Trinajstić information content (AvgIpc) is 2.74. The van der Waals surface area contributed by atoms with Crippen LogP contribution in [-0.4, -0.2) is 46.2 Å². The summed E-state index contributed by atoms with van der Waals surface area (Å²) in [4.78, 5) is 0. The van der Waals surface area contributed by atoms with Crippen molar-refractivity contribution < 1.29 is 13.2 Å². The van der Waals surface area contributed by atoms with Crippen LogP contribution in [0.3, 0.4) is 0 Å². The van der Waals surface area contributed by atoms with Gasteiger partial charge < -0.3 is 10.1 Å². The lowest BCUT2D eigenvalue weighted by atomic mass is 9.95. The number of sulfone groups is 1. The first-order chi connectivity index (χ1) is 8.03. The Bertz CT molecular complexity index is 297. The van der Waals surface area contributed by atoms with Crippen LogP contribution in [0.5, 0.6) is 0 Å². The first kappa shape index (κ1) is 14.9. The molecular formula is C12H25NO3S. The minimum atomic E-state index is -2.82. The summed E-state index contributed by atoms with van der Waals surface area (Å²) in [6.07, 6.45) is 5.19. The van der Waals surface area contributed by atoms with E-state index in [9.17, 15) is 8.42 Å². The number of hydrogen-bond acceptors (Lipinski definition) is 4. The first-order valence-corrected chi connectivity index (χ1v) is 8.58. The van der Waals surface area contributed by atoms with Crippen molar-refractivity contribution in [2.24, 2.45) is 5.92 Å². The van der Waals surface area contributed by atoms with Crippen molar-refractivity contribution in [2.75, 3.05) is 31.8 Å². The fourth-order valence-corrected chi connectivity index (χ4v) is 2.96. The van der Waals surface area contributed by atoms with Gasteiger partial charge in [-0.25, -0.2) is 8.42 Å². The monoisotopic (exact) mass is 263 g/mol. The molecule has 0 bridgehead atoms. The second kappa shape index (κ2) is 7.34. The van der Waals surface area contributed by atoms with E-state index in [-0.39, 0.29) is 0 Å². The Labute approximate surface area is 105 Å². The van der Waals surface area contributed by atoms with E-state index in [4.69, 9.17) is 4.74 Å². The van der Waals surface area contributed by atoms with E-state index in [0.717, 1.165) is 45.4 Å². The summed E-state index contributed by atoms with van der Waals surface area (Å²) in [5.41, 5.74) is 0. The molecule has 102 valence electrons. The SMILES string of the molecule is CCCNC(CCCS(C)(=O)=O)C1CCOC1. The van der Waals surface area contributed by atoms with Gasteiger partial charge in [0.1, 0.15) is 9.84 Å². The van der Waals surface area contributed by atoms with Crippen molar-refractivity contribution >= 4 is 9.84 Å². The molecular weight excluding hydrogens is 238 g/mol. The second-order valence-corrected chi connectivity index (χ2v) is 7.22. The first-order valence-electron chi connectivity index (χ1n) is 6.52. The summed E-state index contributed by atoms with van der Waals surface area (Å²) < 4.78 is 27.6. The summed E-state index contributed by atoms with van der Waals surface area (Å²) in [6.45, 7) is 4.81. The van der Waals surface area contributed by atoms with Crippen molar-refractivity contribution in [3.05, 3.63) is 0 Å². The summed E-state index contributed by atoms with van der Waals surface area (Å²) in [5, 5.41) is 3.52. The van der Waals surface area contributed by atoms with Gasteiger partial charge in [0.2, 0.25) is 0 Å². The summed E-state index contributed by atoms with van der Waals surface area (Å²) in [5.74, 6) is 0.853. The molecule has 0 radical (unpaired) electrons. The molecule has 0 aliphatic carbocycles. The Hall–Kier alpha value is -0.130. The third kappa shape index (κ3) is 6.38. The molecule has 1 aliphatic heterocycles. The van der Waals surface area contributed by atoms with Crippen LogP contribution in [0.1, 0.15) is 32.6 Å². The lowest BCUT2D eigenvalue weighted by Gasteiger charge is -2.23. The molecule has 1 rings (SSSR count). The molecule has 0 aromatic carbocycles. The lowest BCUT2D eigenvalue weighted by molar-refractivity contribution is 0.175. The molecule has 1 heterocycles. The molecule has 1 aliphatic rings. The van der Waals surface area contributed by atoms with Gasteiger partial charge in [-0.2, -0.15) is 0 Å². The van der Waals surface area contributed by atoms with Gasteiger partial charge in [-0.3, -0.25) is 0 Å². The van der Waals surface area contributed by atoms with Gasteiger partial charge in [-0.05, 0) is 38.1 Å². The van der Waals surface area contributed by atoms with E-state index >= 15 is 0 Å². The minimum absolute atomic E-state index is 0.297. The number of ether oxygens (including phenoxy) is 1. The van der Waals surface area contributed by atoms with E-state index in [1.54, 1.807) is 0 Å². The number of nitrogens with one attached hydrogen (secondary N) is 1. The third-order valence-electron chi connectivity index (χ3n) is 3.22. The van der Waals surface area contributed by atoms with Gasteiger partial charge in [-0.15, -0.1) is 0 Å². The molecule has 4 nitrogen and oxygen atoms in total. The Morgan fingerprint density at radius 2 is 2.24 bits per heavy atom. The van der Waals surface area contributed by atoms with Crippen molar-refractivity contribution in [1.82, 2.24) is 5.32 Å². The maximum Gasteiger partial charge on any atom is 0.147 e. The number of hydrogen-bond donors (Lipinski definition) is 1. The predicted octanol–water partition coefficient (Wildman–Crippen LogP) is 1.22. The molecule has 5 heteroatoms. The summed E-state index contributed by atoms with van der Waals surface area (Å²) in [7, 11) is -2.82. The van der Waals surface area contributed by atoms with Gasteiger partial charge in [0.25, 0.3) is 0 Å². The largest absolute Gasteiger partial charge is 0.381 e. The Balaban J connectivity index is 2.34. The fourth-order valence-electron chi connectivity index (χ4n) is 2.27. The molecule has 0 saturated carbocycles. The lowest BCUT2D eigenvalue weighted by Crippen LogP contribution is -2.37. The smallest absolute Gasteiger partial charge is 0.147 e. The van der Waals surface area contributed by atoms with Gasteiger partial charge in [0.05, 0.1) is 6.61 Å². The van der Waals surface area contributed by atoms with Crippen LogP contribution in [0.25, 0.3) is 0 Å². The molecule has 1 saturated heterocycles. The highest BCUT2D eigenvalue weighted by molar-refractivity contribution is 7.90. The summed E-state index contributed by atoms with van der Waals surface area (Å²) >= 11 is 0. The minimum Gasteiger partial charge on any atom is -0.381 e. The van der Waals surface area contributed by atoms with Gasteiger partial charge in [0.15, 0.2) is 0 Å². The molecule has 0 aromatic rings. The van der Waals surface area contributed by atoms with Crippen molar-refractivity contribution in [2.45, 2.75) is 38.6 Å². The van der Waals surface area contributed by atoms with Gasteiger partial charge >= 0.3 is 0 Å². The summed E-state index contributed by atoms with van der Waals surface area (Å²) in [6, 6.07) is 0.416. The van der Waals surface area contributed by atoms with Crippen LogP contribution in [0.2, 0.25) is 0 Å². The van der Waals surface area contributed by atoms with Crippen LogP contribution >= 0.6 is 0 Å². The Morgan fingerprint density at radius 1 is 1.47 bits per heavy atom. The van der Waals surface area contributed by atoms with Crippen molar-refractivity contribution in [3.8, 4) is 0 Å². The molecule has 1 N–H and O–H groups in total. The maximum atomic E-state index is 11.1. The van der Waals surface area contributed by atoms with Gasteiger partial charge in [-0.1, -0.05) is 6.92 Å². The van der Waals surface area contributed by atoms with Crippen LogP contribution in [-0.2, 0) is 14.6 Å². The van der Waals surface area contributed by atoms with Crippen LogP contribution in [0.15, 0.2) is 0 Å². The van der Waals surface area contributed by atoms with Crippen LogP contribution in [0.4, 0.5) is 0 Å². The van der Waals surface area contributed by atoms with E-state index in [2.05, 4.69) is 12.2 Å². The van der Waals surface area contributed by atoms with E-state index < -0.39 is 9.84 Å². The second-order valence-electron chi connectivity index (χ2n) is 4.96. The highest BCUT2D eigenvalue weighted by Crippen LogP contribution is 2.20. The van der Waals surface area contributed by atoms with Crippen molar-refractivity contribution in [3.63, 3.8) is 0 Å². The Kier molecular flexibility index (Phi) is 6.44. The molecule has 0 amide bonds. The molecule has 0 spiro atoms. The number of rotatable bonds is 8. The molecule has 2 atom stereocenters. The normalized spacial score (nSPS) is 22.8. The van der Waals surface area contributed by atoms with Crippen molar-refractivity contribution in [1.29, 1.82) is 0 Å². The van der Waals surface area contributed by atoms with Crippen LogP contribution in [0, 0.1) is 5.92 Å². The van der Waals surface area contributed by atoms with E-state index in [0.29, 0.717) is 17.7 Å². The van der Waals surface area contributed by atoms with Gasteiger partial charge in [0, 0.05) is 24.7 Å². The molecule has 0 aromatic heterocycles. The molecule has 1 fully saturated rings. The maximum absolute atomic E-state index is 11.1. The molecule has 2 unspecified atom stereocenters. The van der Waals surface area contributed by atoms with Crippen LogP contribution < -0.4 is 5.32 Å². The zero-order chi connectivity index (χ0) is 12.7. The zero-order valence-electron chi connectivity index (χ0n) is 10.9. The third-order valence-corrected chi connectivity index (χ3v) is 4.25. The molecule has 17 heavy (non-hydrogen) atoms. The fraction of sp³-hybridized carbons (Fsp3) is 1.00.